The van der Waals surface area contributed by atoms with Gasteiger partial charge in [-0.15, -0.1) is 24.0 Å². The third kappa shape index (κ3) is 7.82. The van der Waals surface area contributed by atoms with E-state index in [4.69, 9.17) is 0 Å². The Morgan fingerprint density at radius 2 is 1.77 bits per heavy atom. The highest BCUT2D eigenvalue weighted by molar-refractivity contribution is 14.0. The summed E-state index contributed by atoms with van der Waals surface area (Å²) in [5.74, 6) is 0.773. The smallest absolute Gasteiger partial charge is 0.193 e. The van der Waals surface area contributed by atoms with Crippen molar-refractivity contribution >= 4 is 39.8 Å². The molecule has 0 unspecified atom stereocenters. The summed E-state index contributed by atoms with van der Waals surface area (Å²) in [6.45, 7) is 9.72. The van der Waals surface area contributed by atoms with Crippen LogP contribution in [0.15, 0.2) is 34.2 Å². The maximum atomic E-state index is 12.5. The van der Waals surface area contributed by atoms with Gasteiger partial charge in [0.25, 0.3) is 0 Å². The van der Waals surface area contributed by atoms with E-state index in [0.717, 1.165) is 30.9 Å². The van der Waals surface area contributed by atoms with Crippen molar-refractivity contribution in [3.05, 3.63) is 29.8 Å². The largest absolute Gasteiger partial charge is 0.355 e. The molecule has 1 aromatic carbocycles. The van der Waals surface area contributed by atoms with Gasteiger partial charge >= 0.3 is 0 Å². The number of hydrogen-bond donors (Lipinski definition) is 1. The number of sulfone groups is 1. The lowest BCUT2D eigenvalue weighted by Crippen LogP contribution is -2.41. The number of benzene rings is 1. The van der Waals surface area contributed by atoms with Crippen LogP contribution in [-0.2, 0) is 15.3 Å². The van der Waals surface area contributed by atoms with Gasteiger partial charge in [-0.1, -0.05) is 46.2 Å². The second-order valence-corrected chi connectivity index (χ2v) is 9.45. The van der Waals surface area contributed by atoms with Gasteiger partial charge in [0.15, 0.2) is 15.8 Å². The Balaban J connectivity index is 0.00000625. The third-order valence-corrected chi connectivity index (χ3v) is 5.89. The van der Waals surface area contributed by atoms with Crippen LogP contribution >= 0.6 is 24.0 Å². The van der Waals surface area contributed by atoms with Crippen LogP contribution in [0.1, 0.15) is 46.1 Å². The molecule has 0 atom stereocenters. The molecule has 0 amide bonds. The first-order valence-corrected chi connectivity index (χ1v) is 10.5. The fraction of sp³-hybridized carbons (Fsp3) is 0.632. The fourth-order valence-corrected chi connectivity index (χ4v) is 3.62. The summed E-state index contributed by atoms with van der Waals surface area (Å²) < 4.78 is 25.0. The molecule has 7 heteroatoms. The average Bonchev–Trinajstić information content (AvgIpc) is 2.56. The van der Waals surface area contributed by atoms with E-state index in [2.05, 4.69) is 38.0 Å². The van der Waals surface area contributed by atoms with E-state index < -0.39 is 9.84 Å². The summed E-state index contributed by atoms with van der Waals surface area (Å²) in [6.07, 6.45) is 2.19. The van der Waals surface area contributed by atoms with Crippen LogP contribution in [-0.4, -0.2) is 52.2 Å². The quantitative estimate of drug-likeness (QED) is 0.356. The highest BCUT2D eigenvalue weighted by Crippen LogP contribution is 2.23. The molecule has 0 saturated carbocycles. The summed E-state index contributed by atoms with van der Waals surface area (Å²) >= 11 is 0. The standard InChI is InChI=1S/C19H33N3O2S.HI/c1-7-8-14-22(6)18(20-5)21-13-15-25(23,24)17-11-9-16(10-12-17)19(2,3)4;/h9-12H,7-8,13-15H2,1-6H3,(H,20,21);1H. The van der Waals surface area contributed by atoms with Crippen LogP contribution in [0, 0.1) is 0 Å². The van der Waals surface area contributed by atoms with Gasteiger partial charge in [0.05, 0.1) is 10.6 Å². The molecule has 1 rings (SSSR count). The summed E-state index contributed by atoms with van der Waals surface area (Å²) in [4.78, 5) is 6.60. The molecule has 1 N–H and O–H groups in total. The van der Waals surface area contributed by atoms with Gasteiger partial charge in [0.1, 0.15) is 0 Å². The zero-order valence-corrected chi connectivity index (χ0v) is 20.0. The molecule has 0 radical (unpaired) electrons. The molecule has 0 aliphatic heterocycles. The summed E-state index contributed by atoms with van der Waals surface area (Å²) in [5, 5.41) is 3.14. The number of nitrogens with zero attached hydrogens (tertiary/aromatic N) is 2. The highest BCUT2D eigenvalue weighted by atomic mass is 127. The van der Waals surface area contributed by atoms with Crippen LogP contribution in [0.3, 0.4) is 0 Å². The molecular weight excluding hydrogens is 461 g/mol. The maximum absolute atomic E-state index is 12.5. The number of halogens is 1. The van der Waals surface area contributed by atoms with Crippen molar-refractivity contribution < 1.29 is 8.42 Å². The maximum Gasteiger partial charge on any atom is 0.193 e. The van der Waals surface area contributed by atoms with Crippen LogP contribution in [0.2, 0.25) is 0 Å². The van der Waals surface area contributed by atoms with E-state index >= 15 is 0 Å². The van der Waals surface area contributed by atoms with Crippen LogP contribution in [0.4, 0.5) is 0 Å². The number of nitrogens with one attached hydrogen (secondary N) is 1. The van der Waals surface area contributed by atoms with Crippen molar-refractivity contribution in [2.45, 2.75) is 50.8 Å². The monoisotopic (exact) mass is 495 g/mol. The van der Waals surface area contributed by atoms with Crippen LogP contribution < -0.4 is 5.32 Å². The normalized spacial score (nSPS) is 12.5. The molecule has 0 saturated heterocycles. The van der Waals surface area contributed by atoms with Gasteiger partial charge in [0.2, 0.25) is 0 Å². The molecular formula is C19H34IN3O2S. The lowest BCUT2D eigenvalue weighted by atomic mass is 9.87. The topological polar surface area (TPSA) is 61.8 Å². The van der Waals surface area contributed by atoms with Gasteiger partial charge in [0, 0.05) is 27.2 Å². The van der Waals surface area contributed by atoms with Crippen LogP contribution in [0.5, 0.6) is 0 Å². The van der Waals surface area contributed by atoms with Crippen molar-refractivity contribution in [3.8, 4) is 0 Å². The van der Waals surface area contributed by atoms with Crippen molar-refractivity contribution in [3.63, 3.8) is 0 Å². The highest BCUT2D eigenvalue weighted by Gasteiger charge is 2.18. The fourth-order valence-electron chi connectivity index (χ4n) is 2.46. The molecule has 0 aliphatic rings. The molecule has 26 heavy (non-hydrogen) atoms. The number of guanidine groups is 1. The van der Waals surface area contributed by atoms with Crippen molar-refractivity contribution in [2.24, 2.45) is 4.99 Å². The van der Waals surface area contributed by atoms with Gasteiger partial charge < -0.3 is 10.2 Å². The van der Waals surface area contributed by atoms with E-state index in [9.17, 15) is 8.42 Å². The van der Waals surface area contributed by atoms with E-state index in [1.54, 1.807) is 19.2 Å². The second-order valence-electron chi connectivity index (χ2n) is 7.34. The zero-order valence-electron chi connectivity index (χ0n) is 16.9. The van der Waals surface area contributed by atoms with E-state index in [1.165, 1.54) is 0 Å². The van der Waals surface area contributed by atoms with E-state index in [0.29, 0.717) is 11.4 Å². The molecule has 0 bridgehead atoms. The molecule has 1 aromatic rings. The third-order valence-electron chi connectivity index (χ3n) is 4.15. The Kier molecular flexibility index (Phi) is 10.8. The lowest BCUT2D eigenvalue weighted by Gasteiger charge is -2.22. The summed E-state index contributed by atoms with van der Waals surface area (Å²) in [6, 6.07) is 7.21. The van der Waals surface area contributed by atoms with Crippen LogP contribution in [0.25, 0.3) is 0 Å². The molecule has 0 heterocycles. The average molecular weight is 495 g/mol. The van der Waals surface area contributed by atoms with Crippen molar-refractivity contribution in [2.75, 3.05) is 32.9 Å². The summed E-state index contributed by atoms with van der Waals surface area (Å²) in [5.41, 5.74) is 1.14. The van der Waals surface area contributed by atoms with Gasteiger partial charge in [-0.2, -0.15) is 0 Å². The molecule has 5 nitrogen and oxygen atoms in total. The first-order chi connectivity index (χ1) is 11.6. The first-order valence-electron chi connectivity index (χ1n) is 8.87. The minimum absolute atomic E-state index is 0. The summed E-state index contributed by atoms with van der Waals surface area (Å²) in [7, 11) is 0.371. The Bertz CT molecular complexity index is 665. The Labute approximate surface area is 176 Å². The Hall–Kier alpha value is -0.830. The molecule has 0 fully saturated rings. The molecule has 0 spiro atoms. The number of aliphatic imine (C=N–C) groups is 1. The first kappa shape index (κ1) is 25.2. The molecule has 150 valence electrons. The Morgan fingerprint density at radius 1 is 1.19 bits per heavy atom. The van der Waals surface area contributed by atoms with E-state index in [-0.39, 0.29) is 35.1 Å². The SMILES string of the molecule is CCCCN(C)C(=NC)NCCS(=O)(=O)c1ccc(C(C)(C)C)cc1.I. The Morgan fingerprint density at radius 3 is 2.23 bits per heavy atom. The number of unbranched alkanes of at least 4 members (excludes halogenated alkanes) is 1. The van der Waals surface area contributed by atoms with Gasteiger partial charge in [-0.05, 0) is 29.5 Å². The number of rotatable bonds is 7. The molecule has 0 aliphatic carbocycles. The van der Waals surface area contributed by atoms with Gasteiger partial charge in [-0.25, -0.2) is 8.42 Å². The minimum Gasteiger partial charge on any atom is -0.355 e. The van der Waals surface area contributed by atoms with Gasteiger partial charge in [-0.3, -0.25) is 4.99 Å². The van der Waals surface area contributed by atoms with E-state index in [1.807, 2.05) is 24.1 Å². The predicted molar refractivity (Wildman–Crippen MR) is 122 cm³/mol. The minimum atomic E-state index is -3.31. The predicted octanol–water partition coefficient (Wildman–Crippen LogP) is 3.68. The number of hydrogen-bond acceptors (Lipinski definition) is 3. The molecule has 0 aromatic heterocycles. The van der Waals surface area contributed by atoms with Crippen molar-refractivity contribution in [1.82, 2.24) is 10.2 Å². The zero-order chi connectivity index (χ0) is 19.1. The second kappa shape index (κ2) is 11.1. The lowest BCUT2D eigenvalue weighted by molar-refractivity contribution is 0.466. The van der Waals surface area contributed by atoms with Crippen molar-refractivity contribution in [1.29, 1.82) is 0 Å².